The van der Waals surface area contributed by atoms with E-state index in [1.54, 1.807) is 49.3 Å². The molecule has 3 aromatic rings. The van der Waals surface area contributed by atoms with Crippen molar-refractivity contribution in [1.29, 1.82) is 0 Å². The minimum atomic E-state index is -3.22. The van der Waals surface area contributed by atoms with Gasteiger partial charge in [0.15, 0.2) is 9.84 Å². The number of hydrogen-bond donors (Lipinski definition) is 0. The van der Waals surface area contributed by atoms with Crippen molar-refractivity contribution >= 4 is 20.9 Å². The van der Waals surface area contributed by atoms with E-state index in [1.807, 2.05) is 12.1 Å². The van der Waals surface area contributed by atoms with Gasteiger partial charge < -0.3 is 4.74 Å². The fraction of sp³-hybridized carbons (Fsp3) is 0.312. The van der Waals surface area contributed by atoms with E-state index in [-0.39, 0.29) is 6.61 Å². The van der Waals surface area contributed by atoms with E-state index < -0.39 is 14.6 Å². The van der Waals surface area contributed by atoms with Gasteiger partial charge in [-0.1, -0.05) is 0 Å². The summed E-state index contributed by atoms with van der Waals surface area (Å²) in [5.74, 6) is 0.366. The molecule has 0 aliphatic heterocycles. The molecule has 126 valence electrons. The first-order chi connectivity index (χ1) is 11.3. The summed E-state index contributed by atoms with van der Waals surface area (Å²) in [7, 11) is -3.22. The monoisotopic (exact) mass is 346 g/mol. The number of nitrogens with zero attached hydrogens (tertiary/aromatic N) is 4. The summed E-state index contributed by atoms with van der Waals surface area (Å²) in [6, 6.07) is 7.20. The van der Waals surface area contributed by atoms with Crippen molar-refractivity contribution in [2.24, 2.45) is 0 Å². The van der Waals surface area contributed by atoms with Crippen molar-refractivity contribution in [1.82, 2.24) is 19.7 Å². The molecule has 3 aromatic heterocycles. The van der Waals surface area contributed by atoms with Crippen LogP contribution in [0, 0.1) is 0 Å². The Bertz CT molecular complexity index is 965. The molecule has 0 N–H and O–H groups in total. The Morgan fingerprint density at radius 1 is 1.21 bits per heavy atom. The molecule has 0 atom stereocenters. The number of pyridine rings is 2. The maximum absolute atomic E-state index is 11.7. The summed E-state index contributed by atoms with van der Waals surface area (Å²) in [5.41, 5.74) is 2.21. The zero-order chi connectivity index (χ0) is 17.4. The average molecular weight is 346 g/mol. The number of ether oxygens (including phenoxy) is 1. The van der Waals surface area contributed by atoms with Crippen LogP contribution in [0.1, 0.15) is 13.8 Å². The molecule has 0 aliphatic rings. The molecule has 0 bridgehead atoms. The van der Waals surface area contributed by atoms with E-state index in [2.05, 4.69) is 15.1 Å². The lowest BCUT2D eigenvalue weighted by atomic mass is 10.2. The van der Waals surface area contributed by atoms with Crippen molar-refractivity contribution in [3.05, 3.63) is 42.9 Å². The van der Waals surface area contributed by atoms with E-state index in [0.29, 0.717) is 16.9 Å². The summed E-state index contributed by atoms with van der Waals surface area (Å²) < 4.78 is 29.7. The minimum Gasteiger partial charge on any atom is -0.476 e. The summed E-state index contributed by atoms with van der Waals surface area (Å²) >= 11 is 0. The van der Waals surface area contributed by atoms with Gasteiger partial charge in [0.25, 0.3) is 0 Å². The molecule has 0 fully saturated rings. The van der Waals surface area contributed by atoms with Crippen LogP contribution in [-0.4, -0.2) is 45.8 Å². The SMILES string of the molecule is CC(C)(COc1ccc2nn(-c3cccnc3)cc2n1)S(C)(=O)=O. The Hall–Kier alpha value is -2.48. The largest absolute Gasteiger partial charge is 0.476 e. The Morgan fingerprint density at radius 3 is 2.67 bits per heavy atom. The third kappa shape index (κ3) is 3.23. The normalized spacial score (nSPS) is 12.5. The number of fused-ring (bicyclic) bond motifs is 1. The first kappa shape index (κ1) is 16.4. The van der Waals surface area contributed by atoms with Crippen molar-refractivity contribution in [3.63, 3.8) is 0 Å². The molecule has 8 heteroatoms. The molecule has 0 radical (unpaired) electrons. The van der Waals surface area contributed by atoms with Crippen LogP contribution >= 0.6 is 0 Å². The van der Waals surface area contributed by atoms with Crippen LogP contribution in [0.4, 0.5) is 0 Å². The molecule has 3 rings (SSSR count). The van der Waals surface area contributed by atoms with Crippen molar-refractivity contribution in [2.75, 3.05) is 12.9 Å². The van der Waals surface area contributed by atoms with Crippen LogP contribution in [-0.2, 0) is 9.84 Å². The fourth-order valence-electron chi connectivity index (χ4n) is 1.95. The van der Waals surface area contributed by atoms with Gasteiger partial charge in [-0.15, -0.1) is 0 Å². The summed E-state index contributed by atoms with van der Waals surface area (Å²) in [6.07, 6.45) is 6.38. The molecule has 3 heterocycles. The molecular weight excluding hydrogens is 328 g/mol. The third-order valence-corrected chi connectivity index (χ3v) is 5.94. The standard InChI is InChI=1S/C16H18N4O3S/c1-16(2,24(3,21)22)11-23-15-7-6-13-14(18-15)10-20(19-13)12-5-4-8-17-9-12/h4-10H,11H2,1-3H3. The Morgan fingerprint density at radius 2 is 2.00 bits per heavy atom. The quantitative estimate of drug-likeness (QED) is 0.702. The van der Waals surface area contributed by atoms with Crippen LogP contribution in [0.2, 0.25) is 0 Å². The maximum atomic E-state index is 11.7. The molecule has 0 saturated carbocycles. The zero-order valence-electron chi connectivity index (χ0n) is 13.7. The van der Waals surface area contributed by atoms with Crippen LogP contribution < -0.4 is 4.74 Å². The number of sulfone groups is 1. The molecule has 0 unspecified atom stereocenters. The highest BCUT2D eigenvalue weighted by Crippen LogP contribution is 2.20. The highest BCUT2D eigenvalue weighted by atomic mass is 32.2. The molecular formula is C16H18N4O3S. The minimum absolute atomic E-state index is 0.0289. The molecule has 0 saturated heterocycles. The summed E-state index contributed by atoms with van der Waals surface area (Å²) in [6.45, 7) is 3.28. The maximum Gasteiger partial charge on any atom is 0.214 e. The van der Waals surface area contributed by atoms with E-state index in [1.165, 1.54) is 6.26 Å². The Balaban J connectivity index is 1.84. The van der Waals surface area contributed by atoms with E-state index >= 15 is 0 Å². The Kier molecular flexibility index (Phi) is 4.00. The van der Waals surface area contributed by atoms with Gasteiger partial charge in [-0.25, -0.2) is 18.1 Å². The lowest BCUT2D eigenvalue weighted by molar-refractivity contribution is 0.272. The van der Waals surface area contributed by atoms with Gasteiger partial charge in [0.05, 0.1) is 18.1 Å². The third-order valence-electron chi connectivity index (χ3n) is 3.82. The first-order valence-electron chi connectivity index (χ1n) is 7.35. The predicted molar refractivity (Wildman–Crippen MR) is 91.1 cm³/mol. The van der Waals surface area contributed by atoms with Gasteiger partial charge in [-0.3, -0.25) is 4.98 Å². The van der Waals surface area contributed by atoms with E-state index in [4.69, 9.17) is 4.74 Å². The first-order valence-corrected chi connectivity index (χ1v) is 9.25. The van der Waals surface area contributed by atoms with Gasteiger partial charge in [0, 0.05) is 18.5 Å². The zero-order valence-corrected chi connectivity index (χ0v) is 14.5. The highest BCUT2D eigenvalue weighted by Gasteiger charge is 2.31. The lowest BCUT2D eigenvalue weighted by Gasteiger charge is -2.22. The molecule has 0 spiro atoms. The van der Waals surface area contributed by atoms with Crippen molar-refractivity contribution in [2.45, 2.75) is 18.6 Å². The second-order valence-corrected chi connectivity index (χ2v) is 8.81. The van der Waals surface area contributed by atoms with Gasteiger partial charge in [0.2, 0.25) is 5.88 Å². The predicted octanol–water partition coefficient (Wildman–Crippen LogP) is 2.02. The van der Waals surface area contributed by atoms with Gasteiger partial charge in [-0.2, -0.15) is 5.10 Å². The van der Waals surface area contributed by atoms with Crippen molar-refractivity contribution < 1.29 is 13.2 Å². The van der Waals surface area contributed by atoms with Crippen LogP contribution in [0.3, 0.4) is 0 Å². The van der Waals surface area contributed by atoms with E-state index in [9.17, 15) is 8.42 Å². The molecule has 0 aliphatic carbocycles. The summed E-state index contributed by atoms with van der Waals surface area (Å²) in [4.78, 5) is 8.45. The Labute approximate surface area is 140 Å². The second kappa shape index (κ2) is 5.86. The van der Waals surface area contributed by atoms with Crippen LogP contribution in [0.25, 0.3) is 16.7 Å². The van der Waals surface area contributed by atoms with Gasteiger partial charge in [0.1, 0.15) is 22.4 Å². The smallest absolute Gasteiger partial charge is 0.214 e. The van der Waals surface area contributed by atoms with Gasteiger partial charge in [-0.05, 0) is 32.0 Å². The van der Waals surface area contributed by atoms with E-state index in [0.717, 1.165) is 5.69 Å². The number of rotatable bonds is 5. The molecule has 0 aromatic carbocycles. The second-order valence-electron chi connectivity index (χ2n) is 6.16. The summed E-state index contributed by atoms with van der Waals surface area (Å²) in [5, 5.41) is 4.43. The van der Waals surface area contributed by atoms with Crippen molar-refractivity contribution in [3.8, 4) is 11.6 Å². The lowest BCUT2D eigenvalue weighted by Crippen LogP contribution is -2.37. The number of aromatic nitrogens is 4. The average Bonchev–Trinajstić information content (AvgIpc) is 2.96. The topological polar surface area (TPSA) is 87.0 Å². The molecule has 24 heavy (non-hydrogen) atoms. The fourth-order valence-corrected chi connectivity index (χ4v) is 2.22. The molecule has 7 nitrogen and oxygen atoms in total. The van der Waals surface area contributed by atoms with Gasteiger partial charge >= 0.3 is 0 Å². The highest BCUT2D eigenvalue weighted by molar-refractivity contribution is 7.92. The number of hydrogen-bond acceptors (Lipinski definition) is 6. The van der Waals surface area contributed by atoms with Crippen LogP contribution in [0.5, 0.6) is 5.88 Å². The molecule has 0 amide bonds. The van der Waals surface area contributed by atoms with Crippen LogP contribution in [0.15, 0.2) is 42.9 Å².